The molecule has 0 amide bonds. The second-order valence-electron chi connectivity index (χ2n) is 4.90. The van der Waals surface area contributed by atoms with Crippen LogP contribution in [-0.2, 0) is 4.74 Å². The van der Waals surface area contributed by atoms with E-state index in [1.807, 2.05) is 42.5 Å². The van der Waals surface area contributed by atoms with Gasteiger partial charge < -0.3 is 23.7 Å². The minimum Gasteiger partial charge on any atom is -0.497 e. The molecule has 2 aromatic carbocycles. The topological polar surface area (TPSA) is 46.2 Å². The van der Waals surface area contributed by atoms with Crippen LogP contribution in [0.25, 0.3) is 11.8 Å². The van der Waals surface area contributed by atoms with Crippen molar-refractivity contribution in [3.05, 3.63) is 47.5 Å². The quantitative estimate of drug-likeness (QED) is 0.570. The average molecular weight is 330 g/mol. The molecule has 128 valence electrons. The molecule has 0 spiro atoms. The molecule has 5 heteroatoms. The molecule has 0 aliphatic rings. The van der Waals surface area contributed by atoms with Crippen LogP contribution in [0.3, 0.4) is 0 Å². The monoisotopic (exact) mass is 330 g/mol. The summed E-state index contributed by atoms with van der Waals surface area (Å²) in [5.74, 6) is 3.18. The van der Waals surface area contributed by atoms with Crippen molar-refractivity contribution < 1.29 is 23.7 Å². The van der Waals surface area contributed by atoms with Gasteiger partial charge in [-0.3, -0.25) is 0 Å². The van der Waals surface area contributed by atoms with E-state index < -0.39 is 0 Å². The van der Waals surface area contributed by atoms with Crippen molar-refractivity contribution in [3.63, 3.8) is 0 Å². The Morgan fingerprint density at radius 1 is 0.750 bits per heavy atom. The molecule has 0 fully saturated rings. The van der Waals surface area contributed by atoms with Crippen LogP contribution in [0.2, 0.25) is 0 Å². The van der Waals surface area contributed by atoms with E-state index in [2.05, 4.69) is 0 Å². The van der Waals surface area contributed by atoms with Gasteiger partial charge in [-0.1, -0.05) is 12.1 Å². The SMILES string of the molecule is CO/C(=C/c1ccc(OC)cc1)c1cc(OC)c(OC)c(OC)c1. The van der Waals surface area contributed by atoms with Crippen LogP contribution >= 0.6 is 0 Å². The van der Waals surface area contributed by atoms with Gasteiger partial charge in [0.15, 0.2) is 11.5 Å². The molecule has 0 bridgehead atoms. The zero-order chi connectivity index (χ0) is 17.5. The first-order valence-corrected chi connectivity index (χ1v) is 7.37. The molecule has 0 saturated heterocycles. The molecular weight excluding hydrogens is 308 g/mol. The van der Waals surface area contributed by atoms with Gasteiger partial charge in [0, 0.05) is 5.56 Å². The van der Waals surface area contributed by atoms with Crippen LogP contribution in [0.4, 0.5) is 0 Å². The van der Waals surface area contributed by atoms with Crippen LogP contribution in [0.5, 0.6) is 23.0 Å². The second kappa shape index (κ2) is 8.15. The van der Waals surface area contributed by atoms with E-state index in [0.29, 0.717) is 23.0 Å². The fourth-order valence-corrected chi connectivity index (χ4v) is 2.33. The van der Waals surface area contributed by atoms with Gasteiger partial charge in [-0.05, 0) is 35.9 Å². The summed E-state index contributed by atoms with van der Waals surface area (Å²) in [7, 11) is 8.01. The molecule has 0 unspecified atom stereocenters. The summed E-state index contributed by atoms with van der Waals surface area (Å²) in [4.78, 5) is 0. The maximum Gasteiger partial charge on any atom is 0.203 e. The Morgan fingerprint density at radius 2 is 1.33 bits per heavy atom. The van der Waals surface area contributed by atoms with Crippen molar-refractivity contribution in [3.8, 4) is 23.0 Å². The molecule has 0 saturated carbocycles. The summed E-state index contributed by atoms with van der Waals surface area (Å²) < 4.78 is 26.8. The maximum atomic E-state index is 5.55. The summed E-state index contributed by atoms with van der Waals surface area (Å²) in [5.41, 5.74) is 1.81. The van der Waals surface area contributed by atoms with Gasteiger partial charge in [-0.2, -0.15) is 0 Å². The Morgan fingerprint density at radius 3 is 1.75 bits per heavy atom. The molecule has 0 aliphatic carbocycles. The molecular formula is C19H22O5. The minimum absolute atomic E-state index is 0.545. The molecule has 2 aromatic rings. The van der Waals surface area contributed by atoms with Crippen molar-refractivity contribution in [1.82, 2.24) is 0 Å². The zero-order valence-electron chi connectivity index (χ0n) is 14.6. The summed E-state index contributed by atoms with van der Waals surface area (Å²) >= 11 is 0. The fourth-order valence-electron chi connectivity index (χ4n) is 2.33. The lowest BCUT2D eigenvalue weighted by Crippen LogP contribution is -1.97. The predicted octanol–water partition coefficient (Wildman–Crippen LogP) is 3.87. The lowest BCUT2D eigenvalue weighted by atomic mass is 10.1. The Balaban J connectivity index is 2.47. The Bertz CT molecular complexity index is 679. The smallest absolute Gasteiger partial charge is 0.203 e. The number of methoxy groups -OCH3 is 5. The zero-order valence-corrected chi connectivity index (χ0v) is 14.6. The van der Waals surface area contributed by atoms with E-state index in [1.165, 1.54) is 0 Å². The van der Waals surface area contributed by atoms with Crippen LogP contribution in [0.1, 0.15) is 11.1 Å². The Hall–Kier alpha value is -2.82. The summed E-state index contributed by atoms with van der Waals surface area (Å²) in [6.07, 6.45) is 1.93. The first kappa shape index (κ1) is 17.5. The van der Waals surface area contributed by atoms with Gasteiger partial charge in [-0.15, -0.1) is 0 Å². The van der Waals surface area contributed by atoms with E-state index in [0.717, 1.165) is 16.9 Å². The molecule has 5 nitrogen and oxygen atoms in total. The maximum absolute atomic E-state index is 5.55. The van der Waals surface area contributed by atoms with Crippen molar-refractivity contribution in [1.29, 1.82) is 0 Å². The highest BCUT2D eigenvalue weighted by molar-refractivity contribution is 5.79. The van der Waals surface area contributed by atoms with Gasteiger partial charge >= 0.3 is 0 Å². The van der Waals surface area contributed by atoms with Gasteiger partial charge in [0.1, 0.15) is 11.5 Å². The highest BCUT2D eigenvalue weighted by Crippen LogP contribution is 2.40. The van der Waals surface area contributed by atoms with Gasteiger partial charge in [0.25, 0.3) is 0 Å². The standard InChI is InChI=1S/C19H22O5/c1-20-15-8-6-13(7-9-15)10-16(21-2)14-11-17(22-3)19(24-5)18(12-14)23-4/h6-12H,1-5H3/b16-10+. The predicted molar refractivity (Wildman–Crippen MR) is 94.0 cm³/mol. The van der Waals surface area contributed by atoms with E-state index in [4.69, 9.17) is 23.7 Å². The van der Waals surface area contributed by atoms with Crippen LogP contribution in [0, 0.1) is 0 Å². The third kappa shape index (κ3) is 3.74. The largest absolute Gasteiger partial charge is 0.497 e. The molecule has 2 rings (SSSR count). The average Bonchev–Trinajstić information content (AvgIpc) is 2.65. The number of hydrogen-bond donors (Lipinski definition) is 0. The van der Waals surface area contributed by atoms with E-state index >= 15 is 0 Å². The first-order valence-electron chi connectivity index (χ1n) is 7.37. The summed E-state index contributed by atoms with van der Waals surface area (Å²) in [6, 6.07) is 11.4. The van der Waals surface area contributed by atoms with Crippen molar-refractivity contribution in [2.75, 3.05) is 35.5 Å². The summed E-state index contributed by atoms with van der Waals surface area (Å²) in [6.45, 7) is 0. The Labute approximate surface area is 142 Å². The highest BCUT2D eigenvalue weighted by atomic mass is 16.5. The van der Waals surface area contributed by atoms with E-state index in [9.17, 15) is 0 Å². The van der Waals surface area contributed by atoms with Crippen LogP contribution in [-0.4, -0.2) is 35.5 Å². The minimum atomic E-state index is 0.545. The van der Waals surface area contributed by atoms with Crippen LogP contribution in [0.15, 0.2) is 36.4 Å². The molecule has 24 heavy (non-hydrogen) atoms. The first-order chi connectivity index (χ1) is 11.7. The van der Waals surface area contributed by atoms with Gasteiger partial charge in [0.2, 0.25) is 5.75 Å². The third-order valence-electron chi connectivity index (χ3n) is 3.58. The summed E-state index contributed by atoms with van der Waals surface area (Å²) in [5, 5.41) is 0. The lowest BCUT2D eigenvalue weighted by Gasteiger charge is -2.15. The second-order valence-corrected chi connectivity index (χ2v) is 4.90. The van der Waals surface area contributed by atoms with Gasteiger partial charge in [0.05, 0.1) is 35.5 Å². The molecule has 0 aliphatic heterocycles. The number of rotatable bonds is 7. The van der Waals surface area contributed by atoms with Crippen molar-refractivity contribution in [2.24, 2.45) is 0 Å². The van der Waals surface area contributed by atoms with E-state index in [1.54, 1.807) is 35.5 Å². The molecule has 0 atom stereocenters. The van der Waals surface area contributed by atoms with E-state index in [-0.39, 0.29) is 0 Å². The lowest BCUT2D eigenvalue weighted by molar-refractivity contribution is 0.323. The Kier molecular flexibility index (Phi) is 5.95. The van der Waals surface area contributed by atoms with Gasteiger partial charge in [-0.25, -0.2) is 0 Å². The number of hydrogen-bond acceptors (Lipinski definition) is 5. The molecule has 0 heterocycles. The third-order valence-corrected chi connectivity index (χ3v) is 3.58. The number of benzene rings is 2. The molecule has 0 radical (unpaired) electrons. The van der Waals surface area contributed by atoms with Crippen LogP contribution < -0.4 is 18.9 Å². The fraction of sp³-hybridized carbons (Fsp3) is 0.263. The molecule has 0 aromatic heterocycles. The van der Waals surface area contributed by atoms with Crippen molar-refractivity contribution >= 4 is 11.8 Å². The normalized spacial score (nSPS) is 11.0. The molecule has 0 N–H and O–H groups in total. The van der Waals surface area contributed by atoms with Crippen molar-refractivity contribution in [2.45, 2.75) is 0 Å². The number of ether oxygens (including phenoxy) is 5. The highest BCUT2D eigenvalue weighted by Gasteiger charge is 2.15.